The van der Waals surface area contributed by atoms with Crippen molar-refractivity contribution >= 4 is 21.4 Å². The molecule has 1 N–H and O–H groups in total. The van der Waals surface area contributed by atoms with Crippen LogP contribution in [0.4, 0.5) is 8.78 Å². The molecule has 0 amide bonds. The zero-order valence-electron chi connectivity index (χ0n) is 13.3. The summed E-state index contributed by atoms with van der Waals surface area (Å²) in [6, 6.07) is 5.95. The van der Waals surface area contributed by atoms with Crippen LogP contribution >= 0.6 is 11.3 Å². The van der Waals surface area contributed by atoms with Crippen LogP contribution in [0.25, 0.3) is 0 Å². The first-order chi connectivity index (χ1) is 12.0. The molecule has 3 rings (SSSR count). The Kier molecular flexibility index (Phi) is 5.80. The van der Waals surface area contributed by atoms with E-state index in [9.17, 15) is 17.2 Å². The van der Waals surface area contributed by atoms with E-state index in [1.54, 1.807) is 0 Å². The highest BCUT2D eigenvalue weighted by Gasteiger charge is 2.26. The largest absolute Gasteiger partial charge is 0.379 e. The molecule has 1 aliphatic heterocycles. The van der Waals surface area contributed by atoms with Gasteiger partial charge < -0.3 is 4.74 Å². The van der Waals surface area contributed by atoms with E-state index in [1.807, 2.05) is 17.5 Å². The van der Waals surface area contributed by atoms with E-state index in [0.717, 1.165) is 17.0 Å². The molecule has 1 saturated heterocycles. The number of morpholine rings is 1. The van der Waals surface area contributed by atoms with Crippen LogP contribution in [-0.4, -0.2) is 46.2 Å². The molecule has 2 aromatic rings. The standard InChI is InChI=1S/C16H18F2N2O3S2/c17-12-8-13(18)10-14(9-12)25(21,22)19-11-15(16-2-1-7-24-16)20-3-5-23-6-4-20/h1-2,7-10,15,19H,3-6,11H2/t15-/m0/s1. The summed E-state index contributed by atoms with van der Waals surface area (Å²) in [7, 11) is -4.01. The molecule has 0 bridgehead atoms. The molecule has 1 aliphatic rings. The highest BCUT2D eigenvalue weighted by atomic mass is 32.2. The van der Waals surface area contributed by atoms with Crippen molar-refractivity contribution in [3.63, 3.8) is 0 Å². The fourth-order valence-corrected chi connectivity index (χ4v) is 4.68. The molecule has 0 saturated carbocycles. The minimum atomic E-state index is -4.01. The van der Waals surface area contributed by atoms with Crippen LogP contribution in [0, 0.1) is 11.6 Å². The molecule has 1 aromatic heterocycles. The van der Waals surface area contributed by atoms with E-state index in [0.29, 0.717) is 32.4 Å². The summed E-state index contributed by atoms with van der Waals surface area (Å²) in [6.07, 6.45) is 0. The second kappa shape index (κ2) is 7.88. The Morgan fingerprint density at radius 2 is 1.88 bits per heavy atom. The van der Waals surface area contributed by atoms with E-state index < -0.39 is 26.6 Å². The summed E-state index contributed by atoms with van der Waals surface area (Å²) < 4.78 is 59.3. The average molecular weight is 388 g/mol. The molecule has 2 heterocycles. The fraction of sp³-hybridized carbons (Fsp3) is 0.375. The van der Waals surface area contributed by atoms with Crippen LogP contribution in [0.15, 0.2) is 40.6 Å². The Morgan fingerprint density at radius 1 is 1.20 bits per heavy atom. The minimum absolute atomic E-state index is 0.112. The van der Waals surface area contributed by atoms with Gasteiger partial charge in [-0.2, -0.15) is 0 Å². The van der Waals surface area contributed by atoms with Gasteiger partial charge in [-0.05, 0) is 23.6 Å². The van der Waals surface area contributed by atoms with Gasteiger partial charge in [0.25, 0.3) is 0 Å². The summed E-state index contributed by atoms with van der Waals surface area (Å²) in [5.74, 6) is -1.85. The van der Waals surface area contributed by atoms with Crippen LogP contribution in [0.5, 0.6) is 0 Å². The van der Waals surface area contributed by atoms with Gasteiger partial charge in [-0.1, -0.05) is 6.07 Å². The van der Waals surface area contributed by atoms with Crippen LogP contribution < -0.4 is 4.72 Å². The van der Waals surface area contributed by atoms with Gasteiger partial charge in [-0.3, -0.25) is 4.90 Å². The maximum absolute atomic E-state index is 13.3. The first-order valence-electron chi connectivity index (χ1n) is 7.77. The molecule has 0 aliphatic carbocycles. The summed E-state index contributed by atoms with van der Waals surface area (Å²) in [6.45, 7) is 2.67. The van der Waals surface area contributed by atoms with Crippen molar-refractivity contribution in [2.24, 2.45) is 0 Å². The minimum Gasteiger partial charge on any atom is -0.379 e. The summed E-state index contributed by atoms with van der Waals surface area (Å²) >= 11 is 1.54. The molecule has 0 radical (unpaired) electrons. The molecule has 25 heavy (non-hydrogen) atoms. The highest BCUT2D eigenvalue weighted by Crippen LogP contribution is 2.26. The third-order valence-corrected chi connectivity index (χ3v) is 6.35. The lowest BCUT2D eigenvalue weighted by molar-refractivity contribution is 0.0179. The van der Waals surface area contributed by atoms with Crippen LogP contribution in [0.2, 0.25) is 0 Å². The van der Waals surface area contributed by atoms with E-state index in [4.69, 9.17) is 4.74 Å². The SMILES string of the molecule is O=S(=O)(NC[C@@H](c1cccs1)N1CCOCC1)c1cc(F)cc(F)c1. The Labute approximate surface area is 149 Å². The number of halogens is 2. The van der Waals surface area contributed by atoms with Gasteiger partial charge in [-0.15, -0.1) is 11.3 Å². The quantitative estimate of drug-likeness (QED) is 0.826. The van der Waals surface area contributed by atoms with Crippen LogP contribution in [0.1, 0.15) is 10.9 Å². The van der Waals surface area contributed by atoms with E-state index >= 15 is 0 Å². The normalized spacial score (nSPS) is 17.5. The van der Waals surface area contributed by atoms with Gasteiger partial charge in [-0.25, -0.2) is 21.9 Å². The predicted octanol–water partition coefficient (Wildman–Crippen LogP) is 2.38. The van der Waals surface area contributed by atoms with Crippen molar-refractivity contribution < 1.29 is 21.9 Å². The number of thiophene rings is 1. The summed E-state index contributed by atoms with van der Waals surface area (Å²) in [4.78, 5) is 2.75. The molecule has 1 fully saturated rings. The Balaban J connectivity index is 1.78. The van der Waals surface area contributed by atoms with E-state index in [1.165, 1.54) is 11.3 Å². The first kappa shape index (κ1) is 18.4. The Morgan fingerprint density at radius 3 is 2.48 bits per heavy atom. The van der Waals surface area contributed by atoms with Crippen molar-refractivity contribution in [1.82, 2.24) is 9.62 Å². The van der Waals surface area contributed by atoms with Gasteiger partial charge >= 0.3 is 0 Å². The number of rotatable bonds is 6. The number of benzene rings is 1. The fourth-order valence-electron chi connectivity index (χ4n) is 2.74. The Hall–Kier alpha value is -1.39. The second-order valence-electron chi connectivity index (χ2n) is 5.64. The number of hydrogen-bond acceptors (Lipinski definition) is 5. The zero-order valence-corrected chi connectivity index (χ0v) is 15.0. The van der Waals surface area contributed by atoms with Gasteiger partial charge in [0.15, 0.2) is 0 Å². The first-order valence-corrected chi connectivity index (χ1v) is 10.1. The molecule has 1 aromatic carbocycles. The molecular formula is C16H18F2N2O3S2. The third-order valence-electron chi connectivity index (χ3n) is 3.97. The number of nitrogens with zero attached hydrogens (tertiary/aromatic N) is 1. The smallest absolute Gasteiger partial charge is 0.240 e. The number of ether oxygens (including phenoxy) is 1. The maximum atomic E-state index is 13.3. The van der Waals surface area contributed by atoms with Crippen LogP contribution in [0.3, 0.4) is 0 Å². The van der Waals surface area contributed by atoms with Crippen molar-refractivity contribution in [3.8, 4) is 0 Å². The van der Waals surface area contributed by atoms with Crippen molar-refractivity contribution in [2.45, 2.75) is 10.9 Å². The lowest BCUT2D eigenvalue weighted by Crippen LogP contribution is -2.43. The van der Waals surface area contributed by atoms with E-state index in [2.05, 4.69) is 9.62 Å². The summed E-state index contributed by atoms with van der Waals surface area (Å²) in [5, 5.41) is 1.93. The van der Waals surface area contributed by atoms with Gasteiger partial charge in [0, 0.05) is 30.6 Å². The molecule has 136 valence electrons. The molecule has 0 spiro atoms. The lowest BCUT2D eigenvalue weighted by Gasteiger charge is -2.34. The maximum Gasteiger partial charge on any atom is 0.240 e. The highest BCUT2D eigenvalue weighted by molar-refractivity contribution is 7.89. The van der Waals surface area contributed by atoms with E-state index in [-0.39, 0.29) is 12.6 Å². The van der Waals surface area contributed by atoms with Gasteiger partial charge in [0.05, 0.1) is 24.2 Å². The van der Waals surface area contributed by atoms with Crippen molar-refractivity contribution in [1.29, 1.82) is 0 Å². The molecule has 5 nitrogen and oxygen atoms in total. The number of sulfonamides is 1. The Bertz CT molecular complexity index is 787. The zero-order chi connectivity index (χ0) is 17.9. The average Bonchev–Trinajstić information content (AvgIpc) is 3.09. The molecular weight excluding hydrogens is 370 g/mol. The van der Waals surface area contributed by atoms with Gasteiger partial charge in [0.2, 0.25) is 10.0 Å². The third kappa shape index (κ3) is 4.62. The topological polar surface area (TPSA) is 58.6 Å². The van der Waals surface area contributed by atoms with Gasteiger partial charge in [0.1, 0.15) is 11.6 Å². The second-order valence-corrected chi connectivity index (χ2v) is 8.38. The predicted molar refractivity (Wildman–Crippen MR) is 91.0 cm³/mol. The van der Waals surface area contributed by atoms with Crippen LogP contribution in [-0.2, 0) is 14.8 Å². The monoisotopic (exact) mass is 388 g/mol. The number of hydrogen-bond donors (Lipinski definition) is 1. The van der Waals surface area contributed by atoms with Crippen molar-refractivity contribution in [3.05, 3.63) is 52.2 Å². The summed E-state index contributed by atoms with van der Waals surface area (Å²) in [5.41, 5.74) is 0. The molecule has 0 unspecified atom stereocenters. The number of nitrogens with one attached hydrogen (secondary N) is 1. The lowest BCUT2D eigenvalue weighted by atomic mass is 10.2. The molecule has 1 atom stereocenters. The van der Waals surface area contributed by atoms with Crippen molar-refractivity contribution in [2.75, 3.05) is 32.8 Å². The molecule has 9 heteroatoms.